The number of anilines is 2. The highest BCUT2D eigenvalue weighted by molar-refractivity contribution is 5.68. The molecule has 0 saturated carbocycles. The molecule has 0 atom stereocenters. The van der Waals surface area contributed by atoms with Gasteiger partial charge in [0.1, 0.15) is 17.2 Å². The molecule has 0 fully saturated rings. The highest BCUT2D eigenvalue weighted by atomic mass is 16.5. The minimum atomic E-state index is 0.720. The van der Waals surface area contributed by atoms with Crippen molar-refractivity contribution in [3.05, 3.63) is 48.5 Å². The lowest BCUT2D eigenvalue weighted by molar-refractivity contribution is 0.398. The topological polar surface area (TPSA) is 42.5 Å². The highest BCUT2D eigenvalue weighted by Crippen LogP contribution is 2.33. The number of hydrazine groups is 1. The zero-order valence-corrected chi connectivity index (χ0v) is 10.4. The molecule has 0 spiro atoms. The Morgan fingerprint density at radius 1 is 0.722 bits per heavy atom. The van der Waals surface area contributed by atoms with Gasteiger partial charge in [0.2, 0.25) is 0 Å². The summed E-state index contributed by atoms with van der Waals surface area (Å²) in [6.45, 7) is 0. The van der Waals surface area contributed by atoms with Crippen LogP contribution >= 0.6 is 0 Å². The maximum absolute atomic E-state index is 5.29. The fourth-order valence-corrected chi connectivity index (χ4v) is 1.63. The molecule has 0 unspecified atom stereocenters. The lowest BCUT2D eigenvalue weighted by Crippen LogP contribution is -2.10. The molecule has 0 aliphatic rings. The van der Waals surface area contributed by atoms with E-state index in [4.69, 9.17) is 9.47 Å². The number of ether oxygens (including phenoxy) is 2. The number of hydrogen-bond donors (Lipinski definition) is 2. The first-order valence-corrected chi connectivity index (χ1v) is 5.63. The van der Waals surface area contributed by atoms with Gasteiger partial charge in [-0.05, 0) is 24.3 Å². The van der Waals surface area contributed by atoms with Crippen molar-refractivity contribution in [3.63, 3.8) is 0 Å². The standard InChI is InChI=1S/C14H16N2O2/c1-17-12-9-6-10-13(18-2)14(12)16-15-11-7-4-3-5-8-11/h3-10,15-16H,1-2H3. The molecule has 0 radical (unpaired) electrons. The SMILES string of the molecule is COc1cccc(OC)c1NNc1ccccc1. The van der Waals surface area contributed by atoms with Crippen molar-refractivity contribution in [2.24, 2.45) is 0 Å². The van der Waals surface area contributed by atoms with Gasteiger partial charge in [-0.25, -0.2) is 0 Å². The summed E-state index contributed by atoms with van der Waals surface area (Å²) in [5, 5.41) is 0. The van der Waals surface area contributed by atoms with Crippen LogP contribution in [0.3, 0.4) is 0 Å². The number of para-hydroxylation sites is 2. The Hall–Kier alpha value is -2.36. The molecule has 0 aliphatic carbocycles. The lowest BCUT2D eigenvalue weighted by atomic mass is 10.2. The second kappa shape index (κ2) is 5.82. The van der Waals surface area contributed by atoms with Crippen LogP contribution in [0.1, 0.15) is 0 Å². The monoisotopic (exact) mass is 244 g/mol. The molecule has 2 N–H and O–H groups in total. The van der Waals surface area contributed by atoms with E-state index in [-0.39, 0.29) is 0 Å². The Kier molecular flexibility index (Phi) is 3.91. The van der Waals surface area contributed by atoms with Crippen LogP contribution in [-0.4, -0.2) is 14.2 Å². The zero-order valence-electron chi connectivity index (χ0n) is 10.4. The Balaban J connectivity index is 2.17. The highest BCUT2D eigenvalue weighted by Gasteiger charge is 2.08. The van der Waals surface area contributed by atoms with Crippen molar-refractivity contribution in [3.8, 4) is 11.5 Å². The Morgan fingerprint density at radius 2 is 1.33 bits per heavy atom. The van der Waals surface area contributed by atoms with Crippen LogP contribution in [0, 0.1) is 0 Å². The summed E-state index contributed by atoms with van der Waals surface area (Å²) in [7, 11) is 3.25. The van der Waals surface area contributed by atoms with Gasteiger partial charge in [0, 0.05) is 0 Å². The van der Waals surface area contributed by atoms with Crippen molar-refractivity contribution in [2.75, 3.05) is 25.1 Å². The predicted octanol–water partition coefficient (Wildman–Crippen LogP) is 3.14. The van der Waals surface area contributed by atoms with Crippen LogP contribution in [0.2, 0.25) is 0 Å². The molecule has 2 aromatic carbocycles. The number of hydrogen-bond acceptors (Lipinski definition) is 4. The second-order valence-electron chi connectivity index (χ2n) is 3.65. The van der Waals surface area contributed by atoms with Gasteiger partial charge in [0.05, 0.1) is 19.9 Å². The third kappa shape index (κ3) is 2.66. The minimum absolute atomic E-state index is 0.720. The summed E-state index contributed by atoms with van der Waals surface area (Å²) < 4.78 is 10.6. The average Bonchev–Trinajstić information content (AvgIpc) is 2.45. The minimum Gasteiger partial charge on any atom is -0.494 e. The number of methoxy groups -OCH3 is 2. The molecule has 2 aromatic rings. The van der Waals surface area contributed by atoms with Gasteiger partial charge >= 0.3 is 0 Å². The number of nitrogens with one attached hydrogen (secondary N) is 2. The van der Waals surface area contributed by atoms with Gasteiger partial charge in [-0.15, -0.1) is 0 Å². The van der Waals surface area contributed by atoms with E-state index in [0.29, 0.717) is 0 Å². The molecule has 4 heteroatoms. The molecule has 0 bridgehead atoms. The average molecular weight is 244 g/mol. The number of rotatable bonds is 5. The van der Waals surface area contributed by atoms with E-state index < -0.39 is 0 Å². The van der Waals surface area contributed by atoms with Gasteiger partial charge in [-0.2, -0.15) is 0 Å². The third-order valence-electron chi connectivity index (χ3n) is 2.53. The fourth-order valence-electron chi connectivity index (χ4n) is 1.63. The van der Waals surface area contributed by atoms with Crippen molar-refractivity contribution >= 4 is 11.4 Å². The number of benzene rings is 2. The zero-order chi connectivity index (χ0) is 12.8. The van der Waals surface area contributed by atoms with E-state index in [1.807, 2.05) is 48.5 Å². The Labute approximate surface area is 107 Å². The third-order valence-corrected chi connectivity index (χ3v) is 2.53. The Morgan fingerprint density at radius 3 is 1.89 bits per heavy atom. The van der Waals surface area contributed by atoms with Crippen LogP contribution in [0.4, 0.5) is 11.4 Å². The molecule has 94 valence electrons. The van der Waals surface area contributed by atoms with Crippen molar-refractivity contribution < 1.29 is 9.47 Å². The fraction of sp³-hybridized carbons (Fsp3) is 0.143. The molecular formula is C14H16N2O2. The maximum Gasteiger partial charge on any atom is 0.147 e. The van der Waals surface area contributed by atoms with E-state index in [2.05, 4.69) is 10.9 Å². The quantitative estimate of drug-likeness (QED) is 0.793. The van der Waals surface area contributed by atoms with Gasteiger partial charge < -0.3 is 14.9 Å². The summed E-state index contributed by atoms with van der Waals surface area (Å²) in [5.41, 5.74) is 7.93. The van der Waals surface area contributed by atoms with Gasteiger partial charge in [0.25, 0.3) is 0 Å². The lowest BCUT2D eigenvalue weighted by Gasteiger charge is -2.16. The van der Waals surface area contributed by atoms with Gasteiger partial charge in [-0.1, -0.05) is 24.3 Å². The molecule has 2 rings (SSSR count). The molecule has 4 nitrogen and oxygen atoms in total. The molecular weight excluding hydrogens is 228 g/mol. The van der Waals surface area contributed by atoms with Crippen LogP contribution < -0.4 is 20.3 Å². The summed E-state index contributed by atoms with van der Waals surface area (Å²) in [5.74, 6) is 1.44. The van der Waals surface area contributed by atoms with Crippen molar-refractivity contribution in [1.82, 2.24) is 0 Å². The largest absolute Gasteiger partial charge is 0.494 e. The summed E-state index contributed by atoms with van der Waals surface area (Å²) in [4.78, 5) is 0. The summed E-state index contributed by atoms with van der Waals surface area (Å²) in [6.07, 6.45) is 0. The normalized spacial score (nSPS) is 9.67. The first-order valence-electron chi connectivity index (χ1n) is 5.63. The molecule has 0 saturated heterocycles. The van der Waals surface area contributed by atoms with E-state index in [1.165, 1.54) is 0 Å². The van der Waals surface area contributed by atoms with Gasteiger partial charge in [-0.3, -0.25) is 5.43 Å². The molecule has 0 aliphatic heterocycles. The van der Waals surface area contributed by atoms with E-state index in [0.717, 1.165) is 22.9 Å². The summed E-state index contributed by atoms with van der Waals surface area (Å²) in [6, 6.07) is 15.5. The molecule has 0 aromatic heterocycles. The summed E-state index contributed by atoms with van der Waals surface area (Å²) >= 11 is 0. The van der Waals surface area contributed by atoms with Crippen LogP contribution in [-0.2, 0) is 0 Å². The maximum atomic E-state index is 5.29. The van der Waals surface area contributed by atoms with E-state index in [1.54, 1.807) is 14.2 Å². The first-order chi connectivity index (χ1) is 8.85. The van der Waals surface area contributed by atoms with Crippen molar-refractivity contribution in [1.29, 1.82) is 0 Å². The van der Waals surface area contributed by atoms with E-state index in [9.17, 15) is 0 Å². The molecule has 0 heterocycles. The first kappa shape index (κ1) is 12.1. The van der Waals surface area contributed by atoms with Crippen molar-refractivity contribution in [2.45, 2.75) is 0 Å². The van der Waals surface area contributed by atoms with Crippen LogP contribution in [0.25, 0.3) is 0 Å². The Bertz CT molecular complexity index is 478. The van der Waals surface area contributed by atoms with Crippen LogP contribution in [0.5, 0.6) is 11.5 Å². The van der Waals surface area contributed by atoms with Gasteiger partial charge in [0.15, 0.2) is 0 Å². The van der Waals surface area contributed by atoms with E-state index >= 15 is 0 Å². The van der Waals surface area contributed by atoms with Crippen LogP contribution in [0.15, 0.2) is 48.5 Å². The molecule has 18 heavy (non-hydrogen) atoms. The predicted molar refractivity (Wildman–Crippen MR) is 73.2 cm³/mol. The smallest absolute Gasteiger partial charge is 0.147 e. The second-order valence-corrected chi connectivity index (χ2v) is 3.65. The molecule has 0 amide bonds.